The molecule has 0 aromatic carbocycles. The Hall–Kier alpha value is -2.18. The van der Waals surface area contributed by atoms with Gasteiger partial charge in [-0.3, -0.25) is 4.79 Å². The third kappa shape index (κ3) is 2.24. The molecular formula is C11H15N5O2. The Kier molecular flexibility index (Phi) is 3.40. The first-order valence-electron chi connectivity index (χ1n) is 5.65. The number of fused-ring (bicyclic) bond motifs is 1. The lowest BCUT2D eigenvalue weighted by Gasteiger charge is -2.21. The monoisotopic (exact) mass is 249 g/mol. The van der Waals surface area contributed by atoms with Crippen LogP contribution in [0.25, 0.3) is 5.78 Å². The Balaban J connectivity index is 2.43. The summed E-state index contributed by atoms with van der Waals surface area (Å²) in [4.78, 5) is 21.6. The number of aromatic nitrogens is 4. The smallest absolute Gasteiger partial charge is 0.325 e. The minimum Gasteiger partial charge on any atom is -0.468 e. The summed E-state index contributed by atoms with van der Waals surface area (Å²) in [5, 5.41) is 4.11. The number of carbonyl (C=O) groups excluding carboxylic acids is 1. The molecule has 7 heteroatoms. The van der Waals surface area contributed by atoms with E-state index in [0.717, 1.165) is 11.5 Å². The summed E-state index contributed by atoms with van der Waals surface area (Å²) in [5.41, 5.74) is 0.828. The quantitative estimate of drug-likeness (QED) is 0.732. The first kappa shape index (κ1) is 12.3. The van der Waals surface area contributed by atoms with Crippen LogP contribution in [0, 0.1) is 6.92 Å². The van der Waals surface area contributed by atoms with Crippen LogP contribution in [-0.4, -0.2) is 45.8 Å². The van der Waals surface area contributed by atoms with Crippen LogP contribution in [0.5, 0.6) is 0 Å². The van der Waals surface area contributed by atoms with Crippen molar-refractivity contribution in [2.24, 2.45) is 0 Å². The summed E-state index contributed by atoms with van der Waals surface area (Å²) >= 11 is 0. The van der Waals surface area contributed by atoms with Crippen molar-refractivity contribution in [2.45, 2.75) is 13.8 Å². The SMILES string of the molecule is CCN(CC(=O)OC)c1cc(C)nc2ncnn12. The summed E-state index contributed by atoms with van der Waals surface area (Å²) in [6.45, 7) is 4.67. The summed E-state index contributed by atoms with van der Waals surface area (Å²) < 4.78 is 6.30. The zero-order valence-electron chi connectivity index (χ0n) is 10.6. The standard InChI is InChI=1S/C11H15N5O2/c1-4-15(6-10(17)18-3)9-5-8(2)14-11-12-7-13-16(9)11/h5,7H,4,6H2,1-3H3. The highest BCUT2D eigenvalue weighted by molar-refractivity contribution is 5.75. The third-order valence-corrected chi connectivity index (χ3v) is 2.61. The molecule has 2 heterocycles. The first-order valence-corrected chi connectivity index (χ1v) is 5.65. The van der Waals surface area contributed by atoms with E-state index in [1.54, 1.807) is 4.52 Å². The van der Waals surface area contributed by atoms with Crippen molar-refractivity contribution >= 4 is 17.6 Å². The maximum atomic E-state index is 11.4. The molecule has 0 saturated heterocycles. The fourth-order valence-electron chi connectivity index (χ4n) is 1.71. The van der Waals surface area contributed by atoms with E-state index in [-0.39, 0.29) is 12.5 Å². The van der Waals surface area contributed by atoms with Crippen molar-refractivity contribution in [3.63, 3.8) is 0 Å². The van der Waals surface area contributed by atoms with E-state index in [4.69, 9.17) is 0 Å². The van der Waals surface area contributed by atoms with Gasteiger partial charge in [-0.1, -0.05) is 0 Å². The molecular weight excluding hydrogens is 234 g/mol. The number of aryl methyl sites for hydroxylation is 1. The number of likely N-dealkylation sites (N-methyl/N-ethyl adjacent to an activating group) is 1. The van der Waals surface area contributed by atoms with Gasteiger partial charge in [-0.2, -0.15) is 14.6 Å². The van der Waals surface area contributed by atoms with Gasteiger partial charge in [0.25, 0.3) is 5.78 Å². The van der Waals surface area contributed by atoms with E-state index in [9.17, 15) is 4.79 Å². The second-order valence-corrected chi connectivity index (χ2v) is 3.82. The third-order valence-electron chi connectivity index (χ3n) is 2.61. The summed E-state index contributed by atoms with van der Waals surface area (Å²) in [7, 11) is 1.37. The molecule has 0 bridgehead atoms. The Bertz CT molecular complexity index is 566. The van der Waals surface area contributed by atoms with Crippen molar-refractivity contribution < 1.29 is 9.53 Å². The minimum absolute atomic E-state index is 0.172. The van der Waals surface area contributed by atoms with Crippen LogP contribution in [0.4, 0.5) is 5.82 Å². The van der Waals surface area contributed by atoms with Crippen LogP contribution >= 0.6 is 0 Å². The van der Waals surface area contributed by atoms with Gasteiger partial charge in [-0.05, 0) is 13.8 Å². The highest BCUT2D eigenvalue weighted by atomic mass is 16.5. The molecule has 18 heavy (non-hydrogen) atoms. The van der Waals surface area contributed by atoms with E-state index in [1.165, 1.54) is 13.4 Å². The lowest BCUT2D eigenvalue weighted by atomic mass is 10.4. The van der Waals surface area contributed by atoms with Gasteiger partial charge >= 0.3 is 5.97 Å². The highest BCUT2D eigenvalue weighted by Crippen LogP contribution is 2.15. The molecule has 2 rings (SSSR count). The first-order chi connectivity index (χ1) is 8.65. The molecule has 0 radical (unpaired) electrons. The maximum absolute atomic E-state index is 11.4. The van der Waals surface area contributed by atoms with Gasteiger partial charge in [0, 0.05) is 18.3 Å². The van der Waals surface area contributed by atoms with Crippen molar-refractivity contribution in [2.75, 3.05) is 25.1 Å². The molecule has 0 unspecified atom stereocenters. The molecule has 0 N–H and O–H groups in total. The Morgan fingerprint density at radius 2 is 2.33 bits per heavy atom. The van der Waals surface area contributed by atoms with E-state index < -0.39 is 0 Å². The highest BCUT2D eigenvalue weighted by Gasteiger charge is 2.15. The number of nitrogens with zero attached hydrogens (tertiary/aromatic N) is 5. The largest absolute Gasteiger partial charge is 0.468 e. The Labute approximate surface area is 104 Å². The Morgan fingerprint density at radius 1 is 1.56 bits per heavy atom. The van der Waals surface area contributed by atoms with Gasteiger partial charge in [-0.25, -0.2) is 4.98 Å². The zero-order valence-corrected chi connectivity index (χ0v) is 10.6. The maximum Gasteiger partial charge on any atom is 0.325 e. The molecule has 2 aromatic heterocycles. The molecule has 7 nitrogen and oxygen atoms in total. The van der Waals surface area contributed by atoms with Gasteiger partial charge in [-0.15, -0.1) is 0 Å². The van der Waals surface area contributed by atoms with Crippen LogP contribution in [-0.2, 0) is 9.53 Å². The van der Waals surface area contributed by atoms with Gasteiger partial charge < -0.3 is 9.64 Å². The number of ether oxygens (including phenoxy) is 1. The van der Waals surface area contributed by atoms with Crippen LogP contribution in [0.1, 0.15) is 12.6 Å². The number of esters is 1. The van der Waals surface area contributed by atoms with E-state index in [2.05, 4.69) is 19.8 Å². The molecule has 0 atom stereocenters. The van der Waals surface area contributed by atoms with Crippen molar-refractivity contribution in [1.82, 2.24) is 19.6 Å². The molecule has 0 aliphatic rings. The molecule has 0 aliphatic carbocycles. The average molecular weight is 249 g/mol. The molecule has 0 amide bonds. The van der Waals surface area contributed by atoms with Crippen LogP contribution in [0.15, 0.2) is 12.4 Å². The number of carbonyl (C=O) groups is 1. The second-order valence-electron chi connectivity index (χ2n) is 3.82. The van der Waals surface area contributed by atoms with E-state index in [0.29, 0.717) is 12.3 Å². The predicted octanol–water partition coefficient (Wildman–Crippen LogP) is 0.432. The molecule has 96 valence electrons. The van der Waals surface area contributed by atoms with Crippen molar-refractivity contribution in [1.29, 1.82) is 0 Å². The molecule has 2 aromatic rings. The average Bonchev–Trinajstić information content (AvgIpc) is 2.82. The molecule has 0 spiro atoms. The number of hydrogen-bond acceptors (Lipinski definition) is 6. The van der Waals surface area contributed by atoms with Gasteiger partial charge in [0.1, 0.15) is 18.7 Å². The lowest BCUT2D eigenvalue weighted by Crippen LogP contribution is -2.32. The number of anilines is 1. The van der Waals surface area contributed by atoms with Crippen LogP contribution in [0.2, 0.25) is 0 Å². The topological polar surface area (TPSA) is 72.6 Å². The van der Waals surface area contributed by atoms with Gasteiger partial charge in [0.2, 0.25) is 0 Å². The second kappa shape index (κ2) is 4.99. The number of rotatable bonds is 4. The van der Waals surface area contributed by atoms with Gasteiger partial charge in [0.15, 0.2) is 0 Å². The van der Waals surface area contributed by atoms with Crippen molar-refractivity contribution in [3.05, 3.63) is 18.1 Å². The molecule has 0 saturated carbocycles. The predicted molar refractivity (Wildman–Crippen MR) is 65.4 cm³/mol. The lowest BCUT2D eigenvalue weighted by molar-refractivity contribution is -0.138. The van der Waals surface area contributed by atoms with E-state index >= 15 is 0 Å². The fourth-order valence-corrected chi connectivity index (χ4v) is 1.71. The summed E-state index contributed by atoms with van der Waals surface area (Å²) in [6, 6.07) is 1.87. The number of methoxy groups -OCH3 is 1. The zero-order chi connectivity index (χ0) is 13.1. The summed E-state index contributed by atoms with van der Waals surface area (Å²) in [6.07, 6.45) is 1.44. The fraction of sp³-hybridized carbons (Fsp3) is 0.455. The summed E-state index contributed by atoms with van der Waals surface area (Å²) in [5.74, 6) is 1.01. The Morgan fingerprint density at radius 3 is 3.00 bits per heavy atom. The molecule has 0 fully saturated rings. The van der Waals surface area contributed by atoms with Gasteiger partial charge in [0.05, 0.1) is 7.11 Å². The minimum atomic E-state index is -0.292. The van der Waals surface area contributed by atoms with Crippen LogP contribution in [0.3, 0.4) is 0 Å². The van der Waals surface area contributed by atoms with E-state index in [1.807, 2.05) is 24.8 Å². The van der Waals surface area contributed by atoms with Crippen molar-refractivity contribution in [3.8, 4) is 0 Å². The van der Waals surface area contributed by atoms with Crippen LogP contribution < -0.4 is 4.90 Å². The number of hydrogen-bond donors (Lipinski definition) is 0. The normalized spacial score (nSPS) is 10.6. The molecule has 0 aliphatic heterocycles.